The van der Waals surface area contributed by atoms with E-state index < -0.39 is 6.10 Å². The van der Waals surface area contributed by atoms with E-state index in [-0.39, 0.29) is 5.75 Å². The van der Waals surface area contributed by atoms with Crippen LogP contribution in [0.15, 0.2) is 18.2 Å². The van der Waals surface area contributed by atoms with E-state index in [2.05, 4.69) is 0 Å². The van der Waals surface area contributed by atoms with Gasteiger partial charge in [0.15, 0.2) is 0 Å². The fourth-order valence-corrected chi connectivity index (χ4v) is 1.40. The second kappa shape index (κ2) is 4.98. The van der Waals surface area contributed by atoms with E-state index in [0.29, 0.717) is 13.0 Å². The highest BCUT2D eigenvalue weighted by Crippen LogP contribution is 2.24. The van der Waals surface area contributed by atoms with Crippen LogP contribution >= 0.6 is 0 Å². The number of aliphatic hydroxyl groups is 1. The van der Waals surface area contributed by atoms with Crippen molar-refractivity contribution in [2.24, 2.45) is 0 Å². The molecule has 3 nitrogen and oxygen atoms in total. The number of aromatic hydroxyl groups is 1. The number of para-hydroxylation sites is 1. The van der Waals surface area contributed by atoms with E-state index >= 15 is 0 Å². The van der Waals surface area contributed by atoms with Gasteiger partial charge in [0.25, 0.3) is 0 Å². The van der Waals surface area contributed by atoms with Crippen molar-refractivity contribution in [2.75, 3.05) is 7.11 Å². The zero-order valence-corrected chi connectivity index (χ0v) is 8.53. The SMILES string of the molecule is COCc1cccc(CC(C)O)c1O. The number of phenolic OH excluding ortho intramolecular Hbond substituents is 1. The molecule has 1 rings (SSSR count). The fraction of sp³-hybridized carbons (Fsp3) is 0.455. The molecule has 1 unspecified atom stereocenters. The molecule has 1 atom stereocenters. The molecule has 0 aliphatic heterocycles. The lowest BCUT2D eigenvalue weighted by Gasteiger charge is -2.10. The molecule has 0 saturated carbocycles. The molecule has 0 aliphatic carbocycles. The van der Waals surface area contributed by atoms with Gasteiger partial charge in [-0.25, -0.2) is 0 Å². The predicted octanol–water partition coefficient (Wildman–Crippen LogP) is 1.46. The van der Waals surface area contributed by atoms with Crippen LogP contribution in [-0.4, -0.2) is 23.4 Å². The number of rotatable bonds is 4. The van der Waals surface area contributed by atoms with Crippen LogP contribution in [0.3, 0.4) is 0 Å². The summed E-state index contributed by atoms with van der Waals surface area (Å²) in [6, 6.07) is 5.47. The van der Waals surface area contributed by atoms with Gasteiger partial charge in [-0.05, 0) is 12.5 Å². The van der Waals surface area contributed by atoms with Crippen LogP contribution in [0.2, 0.25) is 0 Å². The van der Waals surface area contributed by atoms with Gasteiger partial charge in [0.1, 0.15) is 5.75 Å². The van der Waals surface area contributed by atoms with Gasteiger partial charge in [-0.3, -0.25) is 0 Å². The second-order valence-electron chi connectivity index (χ2n) is 3.41. The maximum Gasteiger partial charge on any atom is 0.124 e. The topological polar surface area (TPSA) is 49.7 Å². The summed E-state index contributed by atoms with van der Waals surface area (Å²) in [5.74, 6) is 0.232. The van der Waals surface area contributed by atoms with E-state index in [0.717, 1.165) is 11.1 Å². The van der Waals surface area contributed by atoms with Crippen molar-refractivity contribution in [1.29, 1.82) is 0 Å². The van der Waals surface area contributed by atoms with Crippen molar-refractivity contribution >= 4 is 0 Å². The Hall–Kier alpha value is -1.06. The zero-order valence-electron chi connectivity index (χ0n) is 8.53. The highest BCUT2D eigenvalue weighted by molar-refractivity contribution is 5.40. The third-order valence-corrected chi connectivity index (χ3v) is 2.02. The maximum atomic E-state index is 9.78. The van der Waals surface area contributed by atoms with Gasteiger partial charge in [-0.2, -0.15) is 0 Å². The largest absolute Gasteiger partial charge is 0.507 e. The van der Waals surface area contributed by atoms with Crippen molar-refractivity contribution in [2.45, 2.75) is 26.1 Å². The molecule has 0 bridgehead atoms. The van der Waals surface area contributed by atoms with Crippen molar-refractivity contribution in [1.82, 2.24) is 0 Å². The molecule has 0 spiro atoms. The minimum absolute atomic E-state index is 0.232. The molecular weight excluding hydrogens is 180 g/mol. The standard InChI is InChI=1S/C11H16O3/c1-8(12)6-9-4-3-5-10(7-14-2)11(9)13/h3-5,8,12-13H,6-7H2,1-2H3. The Bertz CT molecular complexity index is 295. The summed E-state index contributed by atoms with van der Waals surface area (Å²) < 4.78 is 4.95. The number of methoxy groups -OCH3 is 1. The molecule has 78 valence electrons. The quantitative estimate of drug-likeness (QED) is 0.766. The minimum Gasteiger partial charge on any atom is -0.507 e. The first-order valence-electron chi connectivity index (χ1n) is 4.62. The monoisotopic (exact) mass is 196 g/mol. The zero-order chi connectivity index (χ0) is 10.6. The highest BCUT2D eigenvalue weighted by atomic mass is 16.5. The molecule has 1 aromatic rings. The summed E-state index contributed by atoms with van der Waals surface area (Å²) in [4.78, 5) is 0. The molecule has 0 aliphatic rings. The van der Waals surface area contributed by atoms with Crippen LogP contribution in [0.1, 0.15) is 18.1 Å². The average Bonchev–Trinajstić information content (AvgIpc) is 2.11. The van der Waals surface area contributed by atoms with E-state index in [1.165, 1.54) is 0 Å². The van der Waals surface area contributed by atoms with Crippen LogP contribution in [0, 0.1) is 0 Å². The van der Waals surface area contributed by atoms with Crippen LogP contribution in [0.25, 0.3) is 0 Å². The maximum absolute atomic E-state index is 9.78. The van der Waals surface area contributed by atoms with Gasteiger partial charge >= 0.3 is 0 Å². The van der Waals surface area contributed by atoms with Crippen LogP contribution in [0.4, 0.5) is 0 Å². The van der Waals surface area contributed by atoms with Gasteiger partial charge in [0, 0.05) is 19.1 Å². The molecule has 0 amide bonds. The molecule has 0 heterocycles. The van der Waals surface area contributed by atoms with E-state index in [4.69, 9.17) is 4.74 Å². The Balaban J connectivity index is 2.89. The molecule has 0 saturated heterocycles. The van der Waals surface area contributed by atoms with E-state index in [9.17, 15) is 10.2 Å². The second-order valence-corrected chi connectivity index (χ2v) is 3.41. The molecule has 14 heavy (non-hydrogen) atoms. The first-order valence-corrected chi connectivity index (χ1v) is 4.62. The molecule has 1 aromatic carbocycles. The van der Waals surface area contributed by atoms with Gasteiger partial charge in [-0.15, -0.1) is 0 Å². The molecule has 0 radical (unpaired) electrons. The number of aliphatic hydroxyl groups excluding tert-OH is 1. The van der Waals surface area contributed by atoms with Crippen LogP contribution in [-0.2, 0) is 17.8 Å². The number of hydrogen-bond acceptors (Lipinski definition) is 3. The Morgan fingerprint density at radius 2 is 2.00 bits per heavy atom. The highest BCUT2D eigenvalue weighted by Gasteiger charge is 2.08. The summed E-state index contributed by atoms with van der Waals surface area (Å²) >= 11 is 0. The van der Waals surface area contributed by atoms with E-state index in [1.807, 2.05) is 12.1 Å². The summed E-state index contributed by atoms with van der Waals surface area (Å²) in [5.41, 5.74) is 1.51. The molecule has 3 heteroatoms. The Morgan fingerprint density at radius 3 is 2.57 bits per heavy atom. The smallest absolute Gasteiger partial charge is 0.124 e. The average molecular weight is 196 g/mol. The summed E-state index contributed by atoms with van der Waals surface area (Å²) in [7, 11) is 1.58. The Labute approximate surface area is 84.0 Å². The molecule has 2 N–H and O–H groups in total. The number of phenols is 1. The number of hydrogen-bond donors (Lipinski definition) is 2. The number of benzene rings is 1. The first-order chi connectivity index (χ1) is 6.65. The van der Waals surface area contributed by atoms with Crippen molar-refractivity contribution in [3.05, 3.63) is 29.3 Å². The number of ether oxygens (including phenoxy) is 1. The lowest BCUT2D eigenvalue weighted by atomic mass is 10.0. The lowest BCUT2D eigenvalue weighted by Crippen LogP contribution is -2.05. The molecule has 0 fully saturated rings. The first kappa shape index (κ1) is 11.0. The van der Waals surface area contributed by atoms with Gasteiger partial charge in [0.2, 0.25) is 0 Å². The summed E-state index contributed by atoms with van der Waals surface area (Å²) in [5, 5.41) is 19.0. The fourth-order valence-electron chi connectivity index (χ4n) is 1.40. The summed E-state index contributed by atoms with van der Waals surface area (Å²) in [6.45, 7) is 2.09. The minimum atomic E-state index is -0.446. The molecule has 0 aromatic heterocycles. The van der Waals surface area contributed by atoms with Gasteiger partial charge < -0.3 is 14.9 Å². The summed E-state index contributed by atoms with van der Waals surface area (Å²) in [6.07, 6.45) is 0.0160. The molecular formula is C11H16O3. The normalized spacial score (nSPS) is 12.8. The predicted molar refractivity (Wildman–Crippen MR) is 54.2 cm³/mol. The van der Waals surface area contributed by atoms with Gasteiger partial charge in [-0.1, -0.05) is 18.2 Å². The third kappa shape index (κ3) is 2.72. The lowest BCUT2D eigenvalue weighted by molar-refractivity contribution is 0.180. The van der Waals surface area contributed by atoms with Crippen LogP contribution < -0.4 is 0 Å². The Kier molecular flexibility index (Phi) is 3.92. The third-order valence-electron chi connectivity index (χ3n) is 2.02. The van der Waals surface area contributed by atoms with E-state index in [1.54, 1.807) is 20.1 Å². The van der Waals surface area contributed by atoms with Crippen LogP contribution in [0.5, 0.6) is 5.75 Å². The van der Waals surface area contributed by atoms with Crippen molar-refractivity contribution in [3.63, 3.8) is 0 Å². The van der Waals surface area contributed by atoms with Crippen molar-refractivity contribution in [3.8, 4) is 5.75 Å². The Morgan fingerprint density at radius 1 is 1.36 bits per heavy atom. The van der Waals surface area contributed by atoms with Crippen molar-refractivity contribution < 1.29 is 14.9 Å². The van der Waals surface area contributed by atoms with Gasteiger partial charge in [0.05, 0.1) is 12.7 Å².